The second-order valence-corrected chi connectivity index (χ2v) is 6.48. The summed E-state index contributed by atoms with van der Waals surface area (Å²) >= 11 is 0. The maximum Gasteiger partial charge on any atom is 0.257 e. The SMILES string of the molecule is CN(C)CCCNc1ccc(N/C=C2\C(=O)Nc3cccc(F)c32)cc1. The molecule has 3 rings (SSSR count). The Balaban J connectivity index is 1.62. The average molecular weight is 354 g/mol. The second kappa shape index (κ2) is 8.01. The van der Waals surface area contributed by atoms with E-state index in [2.05, 4.69) is 34.9 Å². The molecule has 0 unspecified atom stereocenters. The van der Waals surface area contributed by atoms with Gasteiger partial charge in [-0.1, -0.05) is 6.07 Å². The highest BCUT2D eigenvalue weighted by Crippen LogP contribution is 2.33. The molecule has 0 bridgehead atoms. The molecule has 0 spiro atoms. The van der Waals surface area contributed by atoms with Gasteiger partial charge in [0, 0.05) is 29.7 Å². The third-order valence-corrected chi connectivity index (χ3v) is 4.16. The third-order valence-electron chi connectivity index (χ3n) is 4.16. The van der Waals surface area contributed by atoms with Crippen LogP contribution in [-0.4, -0.2) is 38.0 Å². The van der Waals surface area contributed by atoms with Gasteiger partial charge in [0.05, 0.1) is 11.3 Å². The lowest BCUT2D eigenvalue weighted by atomic mass is 10.1. The summed E-state index contributed by atoms with van der Waals surface area (Å²) in [6, 6.07) is 12.4. The Labute approximate surface area is 152 Å². The van der Waals surface area contributed by atoms with Crippen LogP contribution in [-0.2, 0) is 4.79 Å². The first-order valence-electron chi connectivity index (χ1n) is 8.60. The summed E-state index contributed by atoms with van der Waals surface area (Å²) in [5.41, 5.74) is 2.97. The smallest absolute Gasteiger partial charge is 0.257 e. The van der Waals surface area contributed by atoms with Gasteiger partial charge in [0.2, 0.25) is 0 Å². The number of hydrogen-bond donors (Lipinski definition) is 3. The van der Waals surface area contributed by atoms with E-state index in [-0.39, 0.29) is 5.91 Å². The van der Waals surface area contributed by atoms with Crippen LogP contribution in [0.15, 0.2) is 48.7 Å². The van der Waals surface area contributed by atoms with Crippen LogP contribution in [0.1, 0.15) is 12.0 Å². The maximum absolute atomic E-state index is 14.0. The van der Waals surface area contributed by atoms with Gasteiger partial charge in [-0.25, -0.2) is 4.39 Å². The van der Waals surface area contributed by atoms with Crippen LogP contribution in [0.5, 0.6) is 0 Å². The summed E-state index contributed by atoms with van der Waals surface area (Å²) < 4.78 is 14.0. The van der Waals surface area contributed by atoms with E-state index >= 15 is 0 Å². The molecule has 5 nitrogen and oxygen atoms in total. The van der Waals surface area contributed by atoms with E-state index in [1.54, 1.807) is 18.3 Å². The van der Waals surface area contributed by atoms with Gasteiger partial charge in [-0.05, 0) is 63.5 Å². The number of rotatable bonds is 7. The first kappa shape index (κ1) is 17.9. The van der Waals surface area contributed by atoms with Crippen molar-refractivity contribution in [2.24, 2.45) is 0 Å². The fourth-order valence-corrected chi connectivity index (χ4v) is 2.81. The molecule has 1 aliphatic heterocycles. The van der Waals surface area contributed by atoms with Crippen molar-refractivity contribution in [3.8, 4) is 0 Å². The van der Waals surface area contributed by atoms with Gasteiger partial charge in [0.25, 0.3) is 5.91 Å². The lowest BCUT2D eigenvalue weighted by Gasteiger charge is -2.11. The standard InChI is InChI=1S/C20H23FN4O/c1-25(2)12-4-11-22-14-7-9-15(10-8-14)23-13-16-19-17(21)5-3-6-18(19)24-20(16)26/h3,5-10,13,22-23H,4,11-12H2,1-2H3,(H,24,26)/b16-13-. The van der Waals surface area contributed by atoms with Crippen LogP contribution in [0.4, 0.5) is 21.5 Å². The summed E-state index contributed by atoms with van der Waals surface area (Å²) in [6.45, 7) is 1.95. The van der Waals surface area contributed by atoms with Gasteiger partial charge in [-0.2, -0.15) is 0 Å². The van der Waals surface area contributed by atoms with Crippen molar-refractivity contribution in [2.45, 2.75) is 6.42 Å². The average Bonchev–Trinajstić information content (AvgIpc) is 2.94. The van der Waals surface area contributed by atoms with E-state index < -0.39 is 5.82 Å². The Bertz CT molecular complexity index is 815. The molecule has 1 heterocycles. The molecule has 0 aromatic heterocycles. The van der Waals surface area contributed by atoms with Crippen LogP contribution in [0.2, 0.25) is 0 Å². The highest BCUT2D eigenvalue weighted by Gasteiger charge is 2.26. The number of benzene rings is 2. The number of carbonyl (C=O) groups excluding carboxylic acids is 1. The number of amides is 1. The Morgan fingerprint density at radius 1 is 1.12 bits per heavy atom. The topological polar surface area (TPSA) is 56.4 Å². The summed E-state index contributed by atoms with van der Waals surface area (Å²) in [6.07, 6.45) is 2.61. The first-order chi connectivity index (χ1) is 12.5. The first-order valence-corrected chi connectivity index (χ1v) is 8.60. The summed E-state index contributed by atoms with van der Waals surface area (Å²) in [4.78, 5) is 14.2. The highest BCUT2D eigenvalue weighted by molar-refractivity contribution is 6.31. The van der Waals surface area contributed by atoms with Crippen molar-refractivity contribution in [3.63, 3.8) is 0 Å². The van der Waals surface area contributed by atoms with Gasteiger partial charge in [-0.15, -0.1) is 0 Å². The molecule has 0 aliphatic carbocycles. The molecule has 0 fully saturated rings. The van der Waals surface area contributed by atoms with Crippen LogP contribution >= 0.6 is 0 Å². The zero-order valence-electron chi connectivity index (χ0n) is 15.0. The van der Waals surface area contributed by atoms with E-state index in [0.717, 1.165) is 30.9 Å². The molecule has 136 valence electrons. The molecule has 2 aromatic carbocycles. The molecule has 0 saturated carbocycles. The van der Waals surface area contributed by atoms with Gasteiger partial charge < -0.3 is 20.9 Å². The van der Waals surface area contributed by atoms with E-state index in [1.165, 1.54) is 6.07 Å². The molecule has 2 aromatic rings. The highest BCUT2D eigenvalue weighted by atomic mass is 19.1. The van der Waals surface area contributed by atoms with Crippen LogP contribution in [0.25, 0.3) is 5.57 Å². The molecule has 0 saturated heterocycles. The minimum atomic E-state index is -0.411. The zero-order chi connectivity index (χ0) is 18.5. The van der Waals surface area contributed by atoms with Crippen molar-refractivity contribution in [3.05, 3.63) is 60.0 Å². The zero-order valence-corrected chi connectivity index (χ0v) is 15.0. The molecular formula is C20H23FN4O. The summed E-state index contributed by atoms with van der Waals surface area (Å²) in [5, 5.41) is 9.11. The predicted octanol–water partition coefficient (Wildman–Crippen LogP) is 3.59. The number of nitrogens with zero attached hydrogens (tertiary/aromatic N) is 1. The number of carbonyl (C=O) groups is 1. The lowest BCUT2D eigenvalue weighted by molar-refractivity contribution is -0.110. The molecule has 0 atom stereocenters. The van der Waals surface area contributed by atoms with E-state index in [4.69, 9.17) is 0 Å². The molecule has 1 amide bonds. The quantitative estimate of drug-likeness (QED) is 0.525. The maximum atomic E-state index is 14.0. The molecule has 0 radical (unpaired) electrons. The van der Waals surface area contributed by atoms with Crippen LogP contribution < -0.4 is 16.0 Å². The third kappa shape index (κ3) is 4.21. The molecule has 26 heavy (non-hydrogen) atoms. The van der Waals surface area contributed by atoms with E-state index in [9.17, 15) is 9.18 Å². The summed E-state index contributed by atoms with van der Waals surface area (Å²) in [5.74, 6) is -0.719. The number of hydrogen-bond acceptors (Lipinski definition) is 4. The predicted molar refractivity (Wildman–Crippen MR) is 105 cm³/mol. The van der Waals surface area contributed by atoms with Crippen molar-refractivity contribution in [1.29, 1.82) is 0 Å². The monoisotopic (exact) mass is 354 g/mol. The lowest BCUT2D eigenvalue weighted by Crippen LogP contribution is -2.16. The molecule has 3 N–H and O–H groups in total. The number of nitrogens with one attached hydrogen (secondary N) is 3. The van der Waals surface area contributed by atoms with Crippen molar-refractivity contribution >= 4 is 28.5 Å². The van der Waals surface area contributed by atoms with Crippen LogP contribution in [0.3, 0.4) is 0 Å². The largest absolute Gasteiger partial charge is 0.385 e. The molecular weight excluding hydrogens is 331 g/mol. The Kier molecular flexibility index (Phi) is 5.53. The van der Waals surface area contributed by atoms with Crippen LogP contribution in [0, 0.1) is 5.82 Å². The van der Waals surface area contributed by atoms with Crippen molar-refractivity contribution in [2.75, 3.05) is 43.1 Å². The van der Waals surface area contributed by atoms with Gasteiger partial charge in [-0.3, -0.25) is 4.79 Å². The Morgan fingerprint density at radius 3 is 2.58 bits per heavy atom. The van der Waals surface area contributed by atoms with Gasteiger partial charge in [0.1, 0.15) is 5.82 Å². The normalized spacial score (nSPS) is 14.5. The minimum Gasteiger partial charge on any atom is -0.385 e. The van der Waals surface area contributed by atoms with E-state index in [1.807, 2.05) is 24.3 Å². The van der Waals surface area contributed by atoms with Crippen molar-refractivity contribution in [1.82, 2.24) is 4.90 Å². The number of halogens is 1. The van der Waals surface area contributed by atoms with E-state index in [0.29, 0.717) is 16.8 Å². The molecule has 6 heteroatoms. The molecule has 1 aliphatic rings. The summed E-state index contributed by atoms with van der Waals surface area (Å²) in [7, 11) is 4.12. The Hall–Kier alpha value is -2.86. The fourth-order valence-electron chi connectivity index (χ4n) is 2.81. The Morgan fingerprint density at radius 2 is 1.85 bits per heavy atom. The van der Waals surface area contributed by atoms with Gasteiger partial charge >= 0.3 is 0 Å². The fraction of sp³-hybridized carbons (Fsp3) is 0.250. The number of anilines is 3. The van der Waals surface area contributed by atoms with Crippen molar-refractivity contribution < 1.29 is 9.18 Å². The number of fused-ring (bicyclic) bond motifs is 1. The second-order valence-electron chi connectivity index (χ2n) is 6.48. The van der Waals surface area contributed by atoms with Gasteiger partial charge in [0.15, 0.2) is 0 Å². The minimum absolute atomic E-state index is 0.295.